The number of piperidine rings is 1. The van der Waals surface area contributed by atoms with Crippen molar-refractivity contribution < 1.29 is 26.5 Å². The molecule has 2 aromatic rings. The molecule has 0 spiro atoms. The van der Waals surface area contributed by atoms with Gasteiger partial charge in [0.15, 0.2) is 0 Å². The average Bonchev–Trinajstić information content (AvgIpc) is 3.16. The van der Waals surface area contributed by atoms with E-state index in [1.165, 1.54) is 4.90 Å². The zero-order valence-corrected chi connectivity index (χ0v) is 13.7. The molecule has 2 saturated heterocycles. The maximum absolute atomic E-state index is 12.2. The van der Waals surface area contributed by atoms with Crippen molar-refractivity contribution in [3.05, 3.63) is 36.2 Å². The number of benzene rings is 1. The van der Waals surface area contributed by atoms with Crippen LogP contribution in [0.3, 0.4) is 0 Å². The van der Waals surface area contributed by atoms with Crippen molar-refractivity contribution >= 4 is 16.4 Å². The molecule has 2 atom stereocenters. The van der Waals surface area contributed by atoms with Crippen LogP contribution in [0, 0.1) is 0 Å². The van der Waals surface area contributed by atoms with Gasteiger partial charge in [-0.2, -0.15) is 13.5 Å². The first-order valence-corrected chi connectivity index (χ1v) is 8.93. The predicted molar refractivity (Wildman–Crippen MR) is 82.3 cm³/mol. The summed E-state index contributed by atoms with van der Waals surface area (Å²) in [5, 5.41) is 8.73. The highest BCUT2D eigenvalue weighted by atomic mass is 32.3. The Bertz CT molecular complexity index is 899. The van der Waals surface area contributed by atoms with E-state index in [2.05, 4.69) is 14.5 Å². The molecule has 2 fully saturated rings. The fourth-order valence-electron chi connectivity index (χ4n) is 3.18. The summed E-state index contributed by atoms with van der Waals surface area (Å²) in [6.07, 6.45) is 0.512. The van der Waals surface area contributed by atoms with Gasteiger partial charge in [0, 0.05) is 18.7 Å². The van der Waals surface area contributed by atoms with Crippen LogP contribution in [-0.4, -0.2) is 58.3 Å². The normalized spacial score (nSPS) is 23.3. The van der Waals surface area contributed by atoms with Crippen LogP contribution in [0.4, 0.5) is 4.79 Å². The van der Waals surface area contributed by atoms with Crippen molar-refractivity contribution in [3.63, 3.8) is 0 Å². The van der Waals surface area contributed by atoms with Crippen LogP contribution in [0.15, 0.2) is 34.7 Å². The van der Waals surface area contributed by atoms with Gasteiger partial charge < -0.3 is 9.32 Å². The van der Waals surface area contributed by atoms with Gasteiger partial charge in [-0.05, 0) is 18.6 Å². The summed E-state index contributed by atoms with van der Waals surface area (Å²) in [5.41, 5.74) is 0.757. The van der Waals surface area contributed by atoms with E-state index < -0.39 is 28.4 Å². The van der Waals surface area contributed by atoms with Gasteiger partial charge in [-0.15, -0.1) is 14.5 Å². The lowest BCUT2D eigenvalue weighted by Crippen LogP contribution is -2.39. The van der Waals surface area contributed by atoms with Crippen molar-refractivity contribution in [2.75, 3.05) is 13.1 Å². The third-order valence-corrected chi connectivity index (χ3v) is 4.64. The molecule has 25 heavy (non-hydrogen) atoms. The highest BCUT2D eigenvalue weighted by Crippen LogP contribution is 2.37. The molecule has 0 aliphatic carbocycles. The summed E-state index contributed by atoms with van der Waals surface area (Å²) < 4.78 is 41.1. The molecule has 132 valence electrons. The molecule has 1 aromatic carbocycles. The molecule has 1 N–H and O–H groups in total. The van der Waals surface area contributed by atoms with Crippen LogP contribution in [0.25, 0.3) is 11.5 Å². The second-order valence-corrected chi connectivity index (χ2v) is 6.84. The SMILES string of the molecule is O=C1N2CC[C@@H](c3nnc(-c4ccccc4)o3)[C@H](C2)N1OS(=O)(=O)O. The minimum absolute atomic E-state index is 0.252. The molecule has 2 aliphatic heterocycles. The van der Waals surface area contributed by atoms with Crippen molar-refractivity contribution in [1.82, 2.24) is 20.2 Å². The molecule has 10 nitrogen and oxygen atoms in total. The summed E-state index contributed by atoms with van der Waals surface area (Å²) in [5.74, 6) is 0.237. The van der Waals surface area contributed by atoms with Crippen LogP contribution >= 0.6 is 0 Å². The van der Waals surface area contributed by atoms with Gasteiger partial charge in [0.05, 0.1) is 12.0 Å². The van der Waals surface area contributed by atoms with E-state index >= 15 is 0 Å². The number of urea groups is 1. The Kier molecular flexibility index (Phi) is 3.71. The number of hydrogen-bond acceptors (Lipinski definition) is 7. The van der Waals surface area contributed by atoms with Crippen LogP contribution in [0.1, 0.15) is 18.2 Å². The summed E-state index contributed by atoms with van der Waals surface area (Å²) in [4.78, 5) is 13.6. The lowest BCUT2D eigenvalue weighted by molar-refractivity contribution is -0.0392. The quantitative estimate of drug-likeness (QED) is 0.796. The van der Waals surface area contributed by atoms with Crippen molar-refractivity contribution in [3.8, 4) is 11.5 Å². The van der Waals surface area contributed by atoms with Gasteiger partial charge in [0.2, 0.25) is 11.8 Å². The van der Waals surface area contributed by atoms with Crippen molar-refractivity contribution in [2.24, 2.45) is 0 Å². The zero-order chi connectivity index (χ0) is 17.6. The minimum Gasteiger partial charge on any atom is -0.420 e. The molecule has 2 bridgehead atoms. The molecule has 4 rings (SSSR count). The molecule has 0 radical (unpaired) electrons. The Labute approximate surface area is 142 Å². The fraction of sp³-hybridized carbons (Fsp3) is 0.357. The number of hydrogen-bond donors (Lipinski definition) is 1. The van der Waals surface area contributed by atoms with E-state index in [0.29, 0.717) is 29.8 Å². The summed E-state index contributed by atoms with van der Waals surface area (Å²) >= 11 is 0. The number of fused-ring (bicyclic) bond motifs is 2. The van der Waals surface area contributed by atoms with Crippen LogP contribution < -0.4 is 0 Å². The number of nitrogens with zero attached hydrogens (tertiary/aromatic N) is 4. The van der Waals surface area contributed by atoms with Crippen LogP contribution in [0.2, 0.25) is 0 Å². The maximum Gasteiger partial charge on any atom is 0.418 e. The highest BCUT2D eigenvalue weighted by molar-refractivity contribution is 7.80. The van der Waals surface area contributed by atoms with E-state index in [1.807, 2.05) is 30.3 Å². The molecular formula is C14H14N4O6S. The van der Waals surface area contributed by atoms with Crippen LogP contribution in [-0.2, 0) is 14.7 Å². The van der Waals surface area contributed by atoms with E-state index in [-0.39, 0.29) is 6.54 Å². The molecule has 2 amide bonds. The van der Waals surface area contributed by atoms with Crippen LogP contribution in [0.5, 0.6) is 0 Å². The fourth-order valence-corrected chi connectivity index (χ4v) is 3.56. The van der Waals surface area contributed by atoms with E-state index in [1.54, 1.807) is 0 Å². The summed E-state index contributed by atoms with van der Waals surface area (Å²) in [6.45, 7) is 0.649. The van der Waals surface area contributed by atoms with Gasteiger partial charge in [-0.3, -0.25) is 4.55 Å². The van der Waals surface area contributed by atoms with Gasteiger partial charge in [-0.25, -0.2) is 4.79 Å². The maximum atomic E-state index is 12.2. The second kappa shape index (κ2) is 5.79. The monoisotopic (exact) mass is 366 g/mol. The number of amides is 2. The Morgan fingerprint density at radius 3 is 2.72 bits per heavy atom. The van der Waals surface area contributed by atoms with E-state index in [0.717, 1.165) is 5.56 Å². The molecule has 3 heterocycles. The third-order valence-electron chi connectivity index (χ3n) is 4.30. The van der Waals surface area contributed by atoms with E-state index in [9.17, 15) is 13.2 Å². The molecule has 11 heteroatoms. The number of aromatic nitrogens is 2. The van der Waals surface area contributed by atoms with Gasteiger partial charge >= 0.3 is 16.4 Å². The smallest absolute Gasteiger partial charge is 0.418 e. The third kappa shape index (κ3) is 2.97. The van der Waals surface area contributed by atoms with E-state index in [4.69, 9.17) is 8.97 Å². The first-order valence-electron chi connectivity index (χ1n) is 7.56. The standard InChI is InChI=1S/C14H14N4O6S/c19-14-17-7-6-10(11(8-17)18(14)24-25(20,21)22)13-16-15-12(23-13)9-4-2-1-3-5-9/h1-5,10-11H,6-8H2,(H,20,21,22)/t10-,11+/m1/s1. The first kappa shape index (κ1) is 16.0. The molecular weight excluding hydrogens is 352 g/mol. The summed E-state index contributed by atoms with van der Waals surface area (Å²) in [7, 11) is -4.81. The van der Waals surface area contributed by atoms with Crippen molar-refractivity contribution in [1.29, 1.82) is 0 Å². The zero-order valence-electron chi connectivity index (χ0n) is 12.8. The molecule has 0 saturated carbocycles. The largest absolute Gasteiger partial charge is 0.420 e. The number of hydroxylamine groups is 2. The Hall–Kier alpha value is -2.50. The lowest BCUT2D eigenvalue weighted by Gasteiger charge is -2.27. The predicted octanol–water partition coefficient (Wildman–Crippen LogP) is 1.06. The topological polar surface area (TPSA) is 126 Å². The highest BCUT2D eigenvalue weighted by Gasteiger charge is 2.50. The Balaban J connectivity index is 1.63. The second-order valence-electron chi connectivity index (χ2n) is 5.83. The Morgan fingerprint density at radius 1 is 1.24 bits per heavy atom. The molecule has 0 unspecified atom stereocenters. The lowest BCUT2D eigenvalue weighted by atomic mass is 9.93. The molecule has 2 aliphatic rings. The first-order chi connectivity index (χ1) is 11.9. The van der Waals surface area contributed by atoms with Crippen molar-refractivity contribution in [2.45, 2.75) is 18.4 Å². The number of carbonyl (C=O) groups excluding carboxylic acids is 1. The average molecular weight is 366 g/mol. The molecule has 1 aromatic heterocycles. The number of rotatable bonds is 4. The summed E-state index contributed by atoms with van der Waals surface area (Å²) in [6, 6.07) is 7.94. The van der Waals surface area contributed by atoms with Gasteiger partial charge in [0.1, 0.15) is 0 Å². The minimum atomic E-state index is -4.81. The van der Waals surface area contributed by atoms with Gasteiger partial charge in [0.25, 0.3) is 0 Å². The Morgan fingerprint density at radius 2 is 2.00 bits per heavy atom. The van der Waals surface area contributed by atoms with Gasteiger partial charge in [-0.1, -0.05) is 18.2 Å². The number of carbonyl (C=O) groups is 1.